The highest BCUT2D eigenvalue weighted by Gasteiger charge is 2.76. The van der Waals surface area contributed by atoms with E-state index in [1.54, 1.807) is 0 Å². The van der Waals surface area contributed by atoms with Gasteiger partial charge in [-0.15, -0.1) is 0 Å². The highest BCUT2D eigenvalue weighted by Crippen LogP contribution is 2.77. The van der Waals surface area contributed by atoms with Crippen molar-refractivity contribution in [1.82, 2.24) is 0 Å². The summed E-state index contributed by atoms with van der Waals surface area (Å²) in [7, 11) is 0. The van der Waals surface area contributed by atoms with Crippen LogP contribution in [0.2, 0.25) is 0 Å². The Kier molecular flexibility index (Phi) is 2.74. The van der Waals surface area contributed by atoms with Crippen molar-refractivity contribution < 1.29 is 9.53 Å². The lowest BCUT2D eigenvalue weighted by atomic mass is 9.48. The number of ketones is 1. The van der Waals surface area contributed by atoms with E-state index in [0.717, 1.165) is 55.5 Å². The lowest BCUT2D eigenvalue weighted by Crippen LogP contribution is -2.54. The largest absolute Gasteiger partial charge is 0.366 e. The van der Waals surface area contributed by atoms with Gasteiger partial charge in [0, 0.05) is 11.8 Å². The van der Waals surface area contributed by atoms with Gasteiger partial charge in [0.25, 0.3) is 0 Å². The Bertz CT molecular complexity index is 745. The van der Waals surface area contributed by atoms with E-state index in [9.17, 15) is 4.79 Å². The predicted molar refractivity (Wildman–Crippen MR) is 96.8 cm³/mol. The monoisotopic (exact) mass is 336 g/mol. The Labute approximate surface area is 150 Å². The molecule has 4 fully saturated rings. The zero-order valence-corrected chi connectivity index (χ0v) is 15.2. The molecule has 1 spiro atoms. The fourth-order valence-corrected chi connectivity index (χ4v) is 8.20. The average molecular weight is 336 g/mol. The SMILES string of the molecule is C=C1CC2C(CC[C@@]3(C)C2C2CC2[C@@]32C=CCO2)[C@H]2CCC(=O)C=C12. The van der Waals surface area contributed by atoms with Gasteiger partial charge in [0.2, 0.25) is 0 Å². The van der Waals surface area contributed by atoms with Crippen molar-refractivity contribution in [2.75, 3.05) is 6.61 Å². The highest BCUT2D eigenvalue weighted by molar-refractivity contribution is 5.92. The summed E-state index contributed by atoms with van der Waals surface area (Å²) < 4.78 is 6.47. The fourth-order valence-electron chi connectivity index (χ4n) is 8.20. The van der Waals surface area contributed by atoms with Crippen LogP contribution in [0.1, 0.15) is 45.4 Å². The Morgan fingerprint density at radius 1 is 1.24 bits per heavy atom. The maximum absolute atomic E-state index is 11.9. The van der Waals surface area contributed by atoms with E-state index in [-0.39, 0.29) is 5.60 Å². The van der Waals surface area contributed by atoms with Gasteiger partial charge >= 0.3 is 0 Å². The number of hydrogen-bond acceptors (Lipinski definition) is 2. The molecular formula is C23H28O2. The number of allylic oxidation sites excluding steroid dienone is 2. The second-order valence-corrected chi connectivity index (χ2v) is 9.84. The molecule has 8 atom stereocenters. The maximum Gasteiger partial charge on any atom is 0.156 e. The Hall–Kier alpha value is -1.15. The minimum absolute atomic E-state index is 0.0350. The summed E-state index contributed by atoms with van der Waals surface area (Å²) in [4.78, 5) is 11.9. The van der Waals surface area contributed by atoms with Gasteiger partial charge in [-0.05, 0) is 79.3 Å². The number of carbonyl (C=O) groups excluding carboxylic acids is 1. The number of rotatable bonds is 0. The Balaban J connectivity index is 1.41. The van der Waals surface area contributed by atoms with E-state index in [1.807, 2.05) is 6.08 Å². The standard InChI is InChI=1S/C23H28O2/c1-13-10-18-16(15-5-4-14(24)11-17(13)15)6-8-22(2)21(18)19-12-20(19)23(22)7-3-9-25-23/h3,7,11,15-16,18-21H,1,4-6,8-10,12H2,2H3/t15-,16?,18?,19?,20?,21?,22+,23+/m1/s1. The fraction of sp³-hybridized carbons (Fsp3) is 0.696. The number of ether oxygens (including phenoxy) is 1. The number of fused-ring (bicyclic) bond motifs is 9. The van der Waals surface area contributed by atoms with E-state index in [0.29, 0.717) is 17.1 Å². The molecule has 2 nitrogen and oxygen atoms in total. The topological polar surface area (TPSA) is 26.3 Å². The van der Waals surface area contributed by atoms with E-state index < -0.39 is 0 Å². The molecule has 0 bridgehead atoms. The summed E-state index contributed by atoms with van der Waals surface area (Å²) in [6, 6.07) is 0. The normalized spacial score (nSPS) is 55.5. The van der Waals surface area contributed by atoms with Gasteiger partial charge in [-0.2, -0.15) is 0 Å². The first-order chi connectivity index (χ1) is 12.1. The minimum Gasteiger partial charge on any atom is -0.366 e. The molecule has 5 unspecified atom stereocenters. The molecule has 4 saturated carbocycles. The minimum atomic E-state index is 0.0350. The third kappa shape index (κ3) is 1.64. The molecule has 132 valence electrons. The molecule has 5 aliphatic carbocycles. The van der Waals surface area contributed by atoms with Crippen molar-refractivity contribution in [1.29, 1.82) is 0 Å². The molecule has 6 rings (SSSR count). The second-order valence-electron chi connectivity index (χ2n) is 9.84. The first-order valence-electron chi connectivity index (χ1n) is 10.3. The van der Waals surface area contributed by atoms with Gasteiger partial charge in [0.05, 0.1) is 12.2 Å². The summed E-state index contributed by atoms with van der Waals surface area (Å²) in [5.74, 6) is 4.86. The molecule has 0 aromatic rings. The van der Waals surface area contributed by atoms with Gasteiger partial charge in [0.1, 0.15) is 0 Å². The summed E-state index contributed by atoms with van der Waals surface area (Å²) in [6.07, 6.45) is 13.5. The number of carbonyl (C=O) groups is 1. The lowest BCUT2D eigenvalue weighted by molar-refractivity contribution is -0.129. The van der Waals surface area contributed by atoms with Crippen molar-refractivity contribution in [3.8, 4) is 0 Å². The Morgan fingerprint density at radius 2 is 2.12 bits per heavy atom. The zero-order valence-electron chi connectivity index (χ0n) is 15.2. The molecular weight excluding hydrogens is 308 g/mol. The van der Waals surface area contributed by atoms with E-state index in [2.05, 4.69) is 25.7 Å². The first-order valence-corrected chi connectivity index (χ1v) is 10.3. The summed E-state index contributed by atoms with van der Waals surface area (Å²) in [5, 5.41) is 0. The van der Waals surface area contributed by atoms with Gasteiger partial charge in [-0.3, -0.25) is 4.79 Å². The van der Waals surface area contributed by atoms with Crippen LogP contribution < -0.4 is 0 Å². The third-order valence-electron chi connectivity index (χ3n) is 9.10. The number of hydrogen-bond donors (Lipinski definition) is 0. The van der Waals surface area contributed by atoms with E-state index in [1.165, 1.54) is 30.4 Å². The van der Waals surface area contributed by atoms with Crippen LogP contribution in [-0.4, -0.2) is 18.0 Å². The van der Waals surface area contributed by atoms with Crippen LogP contribution in [0, 0.1) is 40.9 Å². The first kappa shape index (κ1) is 15.0. The molecule has 2 heteroatoms. The van der Waals surface area contributed by atoms with Crippen molar-refractivity contribution in [3.05, 3.63) is 36.0 Å². The van der Waals surface area contributed by atoms with Crippen LogP contribution in [0.15, 0.2) is 36.0 Å². The molecule has 6 aliphatic rings. The van der Waals surface area contributed by atoms with Crippen LogP contribution >= 0.6 is 0 Å². The molecule has 0 aromatic heterocycles. The van der Waals surface area contributed by atoms with Crippen molar-refractivity contribution in [3.63, 3.8) is 0 Å². The molecule has 0 saturated heterocycles. The van der Waals surface area contributed by atoms with Crippen LogP contribution in [0.4, 0.5) is 0 Å². The molecule has 25 heavy (non-hydrogen) atoms. The average Bonchev–Trinajstić information content (AvgIpc) is 3.15. The molecule has 1 aliphatic heterocycles. The van der Waals surface area contributed by atoms with Gasteiger partial charge < -0.3 is 4.74 Å². The quantitative estimate of drug-likeness (QED) is 0.610. The lowest BCUT2D eigenvalue weighted by Gasteiger charge is -2.57. The zero-order chi connectivity index (χ0) is 17.0. The van der Waals surface area contributed by atoms with Crippen LogP contribution in [0.3, 0.4) is 0 Å². The van der Waals surface area contributed by atoms with Crippen LogP contribution in [0.5, 0.6) is 0 Å². The maximum atomic E-state index is 11.9. The van der Waals surface area contributed by atoms with Gasteiger partial charge in [0.15, 0.2) is 5.78 Å². The molecule has 1 heterocycles. The van der Waals surface area contributed by atoms with Crippen molar-refractivity contribution in [2.24, 2.45) is 40.9 Å². The van der Waals surface area contributed by atoms with Crippen LogP contribution in [0.25, 0.3) is 0 Å². The van der Waals surface area contributed by atoms with Crippen LogP contribution in [-0.2, 0) is 9.53 Å². The summed E-state index contributed by atoms with van der Waals surface area (Å²) in [6.45, 7) is 7.77. The third-order valence-corrected chi connectivity index (χ3v) is 9.10. The summed E-state index contributed by atoms with van der Waals surface area (Å²) >= 11 is 0. The highest BCUT2D eigenvalue weighted by atomic mass is 16.5. The Morgan fingerprint density at radius 3 is 2.92 bits per heavy atom. The molecule has 0 radical (unpaired) electrons. The van der Waals surface area contributed by atoms with Gasteiger partial charge in [-0.1, -0.05) is 31.2 Å². The van der Waals surface area contributed by atoms with E-state index in [4.69, 9.17) is 4.74 Å². The van der Waals surface area contributed by atoms with Crippen molar-refractivity contribution in [2.45, 2.75) is 51.0 Å². The predicted octanol–water partition coefficient (Wildman–Crippen LogP) is 4.48. The van der Waals surface area contributed by atoms with Crippen molar-refractivity contribution >= 4 is 5.78 Å². The summed E-state index contributed by atoms with van der Waals surface area (Å²) in [5.41, 5.74) is 2.93. The molecule has 0 amide bonds. The smallest absolute Gasteiger partial charge is 0.156 e. The molecule has 0 aromatic carbocycles. The molecule has 0 N–H and O–H groups in total. The second kappa shape index (κ2) is 4.57. The van der Waals surface area contributed by atoms with E-state index >= 15 is 0 Å². The van der Waals surface area contributed by atoms with Gasteiger partial charge in [-0.25, -0.2) is 0 Å².